The summed E-state index contributed by atoms with van der Waals surface area (Å²) in [7, 11) is 1.29. The van der Waals surface area contributed by atoms with Gasteiger partial charge in [-0.1, -0.05) is 49.4 Å². The SMILES string of the molecule is CCOC(=O)C1=C(C)NC2=C(C(=O)[C@@H](C(=O)OC)[C@H](C)C2)[C@H]1c1ccc2ccccc2c1. The molecule has 0 unspecified atom stereocenters. The first kappa shape index (κ1) is 21.8. The summed E-state index contributed by atoms with van der Waals surface area (Å²) in [5.74, 6) is -3.05. The number of methoxy groups -OCH3 is 1. The molecule has 2 aromatic rings. The van der Waals surface area contributed by atoms with Crippen LogP contribution in [0.3, 0.4) is 0 Å². The molecule has 0 saturated carbocycles. The van der Waals surface area contributed by atoms with Gasteiger partial charge in [0.25, 0.3) is 0 Å². The molecule has 2 aliphatic rings. The Bertz CT molecular complexity index is 1180. The minimum Gasteiger partial charge on any atom is -0.468 e. The molecule has 6 heteroatoms. The van der Waals surface area contributed by atoms with Crippen molar-refractivity contribution in [2.24, 2.45) is 11.8 Å². The normalized spacial score (nSPS) is 23.0. The number of Topliss-reactive ketones (excluding diaryl/α,β-unsaturated/α-hetero) is 1. The Morgan fingerprint density at radius 2 is 1.84 bits per heavy atom. The molecule has 0 spiro atoms. The summed E-state index contributed by atoms with van der Waals surface area (Å²) in [6.45, 7) is 5.67. The molecule has 1 aliphatic carbocycles. The fourth-order valence-corrected chi connectivity index (χ4v) is 4.88. The zero-order valence-corrected chi connectivity index (χ0v) is 18.7. The van der Waals surface area contributed by atoms with Gasteiger partial charge in [-0.25, -0.2) is 4.79 Å². The molecule has 1 aliphatic heterocycles. The smallest absolute Gasteiger partial charge is 0.336 e. The Labute approximate surface area is 187 Å². The van der Waals surface area contributed by atoms with E-state index in [1.807, 2.05) is 56.3 Å². The molecule has 0 fully saturated rings. The van der Waals surface area contributed by atoms with Crippen LogP contribution in [-0.4, -0.2) is 31.4 Å². The van der Waals surface area contributed by atoms with Crippen LogP contribution in [0.15, 0.2) is 65.0 Å². The third-order valence-corrected chi connectivity index (χ3v) is 6.35. The molecule has 3 atom stereocenters. The molecule has 166 valence electrons. The van der Waals surface area contributed by atoms with Crippen molar-refractivity contribution in [3.05, 3.63) is 70.6 Å². The first-order chi connectivity index (χ1) is 15.4. The summed E-state index contributed by atoms with van der Waals surface area (Å²) in [4.78, 5) is 39.2. The van der Waals surface area contributed by atoms with Crippen LogP contribution in [0.2, 0.25) is 0 Å². The van der Waals surface area contributed by atoms with Crippen molar-refractivity contribution in [2.45, 2.75) is 33.1 Å². The molecular weight excluding hydrogens is 406 g/mol. The summed E-state index contributed by atoms with van der Waals surface area (Å²) in [5.41, 5.74) is 3.07. The molecule has 0 radical (unpaired) electrons. The lowest BCUT2D eigenvalue weighted by Crippen LogP contribution is -2.43. The number of esters is 2. The molecule has 32 heavy (non-hydrogen) atoms. The van der Waals surface area contributed by atoms with E-state index in [-0.39, 0.29) is 18.3 Å². The largest absolute Gasteiger partial charge is 0.468 e. The molecule has 0 aromatic heterocycles. The van der Waals surface area contributed by atoms with Crippen LogP contribution >= 0.6 is 0 Å². The van der Waals surface area contributed by atoms with Crippen LogP contribution in [0.5, 0.6) is 0 Å². The van der Waals surface area contributed by atoms with Crippen molar-refractivity contribution in [3.8, 4) is 0 Å². The van der Waals surface area contributed by atoms with E-state index >= 15 is 0 Å². The maximum absolute atomic E-state index is 13.7. The van der Waals surface area contributed by atoms with Gasteiger partial charge in [-0.3, -0.25) is 9.59 Å². The highest BCUT2D eigenvalue weighted by molar-refractivity contribution is 6.12. The number of allylic oxidation sites excluding steroid dienone is 3. The van der Waals surface area contributed by atoms with Gasteiger partial charge in [-0.05, 0) is 42.5 Å². The maximum atomic E-state index is 13.7. The molecule has 6 nitrogen and oxygen atoms in total. The Hall–Kier alpha value is -3.41. The number of carbonyl (C=O) groups excluding carboxylic acids is 3. The van der Waals surface area contributed by atoms with E-state index in [9.17, 15) is 14.4 Å². The van der Waals surface area contributed by atoms with Gasteiger partial charge in [0.15, 0.2) is 5.78 Å². The first-order valence-corrected chi connectivity index (χ1v) is 10.9. The van der Waals surface area contributed by atoms with E-state index in [2.05, 4.69) is 5.32 Å². The van der Waals surface area contributed by atoms with E-state index < -0.39 is 23.8 Å². The first-order valence-electron chi connectivity index (χ1n) is 10.9. The number of hydrogen-bond acceptors (Lipinski definition) is 6. The summed E-state index contributed by atoms with van der Waals surface area (Å²) < 4.78 is 10.3. The van der Waals surface area contributed by atoms with Gasteiger partial charge in [0.05, 0.1) is 19.3 Å². The fourth-order valence-electron chi connectivity index (χ4n) is 4.88. The number of rotatable bonds is 4. The van der Waals surface area contributed by atoms with Gasteiger partial charge in [0.1, 0.15) is 5.92 Å². The highest BCUT2D eigenvalue weighted by Crippen LogP contribution is 2.45. The minimum absolute atomic E-state index is 0.213. The van der Waals surface area contributed by atoms with E-state index in [0.29, 0.717) is 23.3 Å². The second kappa shape index (κ2) is 8.61. The number of ether oxygens (including phenoxy) is 2. The average Bonchev–Trinajstić information content (AvgIpc) is 2.77. The molecule has 1 N–H and O–H groups in total. The van der Waals surface area contributed by atoms with E-state index in [4.69, 9.17) is 9.47 Å². The number of hydrogen-bond donors (Lipinski definition) is 1. The van der Waals surface area contributed by atoms with Gasteiger partial charge >= 0.3 is 11.9 Å². The summed E-state index contributed by atoms with van der Waals surface area (Å²) in [5, 5.41) is 5.34. The average molecular weight is 434 g/mol. The van der Waals surface area contributed by atoms with Gasteiger partial charge in [-0.15, -0.1) is 0 Å². The Kier molecular flexibility index (Phi) is 5.87. The van der Waals surface area contributed by atoms with Crippen LogP contribution in [0.4, 0.5) is 0 Å². The number of benzene rings is 2. The number of dihydropyridines is 1. The fraction of sp³-hybridized carbons (Fsp3) is 0.346. The zero-order valence-electron chi connectivity index (χ0n) is 18.7. The summed E-state index contributed by atoms with van der Waals surface area (Å²) >= 11 is 0. The van der Waals surface area contributed by atoms with E-state index in [1.165, 1.54) is 7.11 Å². The lowest BCUT2D eigenvalue weighted by atomic mass is 9.69. The standard InChI is InChI=1S/C26H27NO5/c1-5-32-26(30)21-15(3)27-19-12-14(2)20(25(29)31-4)24(28)23(19)22(21)18-11-10-16-8-6-7-9-17(16)13-18/h6-11,13-14,20,22,27H,5,12H2,1-4H3/t14-,20+,22+/m1/s1. The lowest BCUT2D eigenvalue weighted by molar-refractivity contribution is -0.151. The van der Waals surface area contributed by atoms with Crippen molar-refractivity contribution in [1.82, 2.24) is 5.32 Å². The van der Waals surface area contributed by atoms with Crippen LogP contribution < -0.4 is 5.32 Å². The van der Waals surface area contributed by atoms with E-state index in [0.717, 1.165) is 22.0 Å². The topological polar surface area (TPSA) is 81.7 Å². The third-order valence-electron chi connectivity index (χ3n) is 6.35. The number of carbonyl (C=O) groups is 3. The van der Waals surface area contributed by atoms with Crippen LogP contribution in [-0.2, 0) is 23.9 Å². The second-order valence-corrected chi connectivity index (χ2v) is 8.36. The molecule has 1 heterocycles. The van der Waals surface area contributed by atoms with Crippen molar-refractivity contribution in [3.63, 3.8) is 0 Å². The predicted octanol–water partition coefficient (Wildman–Crippen LogP) is 4.02. The van der Waals surface area contributed by atoms with E-state index in [1.54, 1.807) is 6.92 Å². The monoisotopic (exact) mass is 433 g/mol. The quantitative estimate of drug-likeness (QED) is 0.579. The van der Waals surface area contributed by atoms with Crippen LogP contribution in [0.1, 0.15) is 38.7 Å². The van der Waals surface area contributed by atoms with Crippen molar-refractivity contribution >= 4 is 28.5 Å². The molecular formula is C26H27NO5. The van der Waals surface area contributed by atoms with Crippen molar-refractivity contribution in [1.29, 1.82) is 0 Å². The summed E-state index contributed by atoms with van der Waals surface area (Å²) in [6.07, 6.45) is 0.512. The van der Waals surface area contributed by atoms with Gasteiger partial charge in [0, 0.05) is 22.9 Å². The van der Waals surface area contributed by atoms with Crippen LogP contribution in [0, 0.1) is 11.8 Å². The highest BCUT2D eigenvalue weighted by atomic mass is 16.5. The summed E-state index contributed by atoms with van der Waals surface area (Å²) in [6, 6.07) is 13.9. The van der Waals surface area contributed by atoms with Gasteiger partial charge in [-0.2, -0.15) is 0 Å². The Morgan fingerprint density at radius 3 is 2.53 bits per heavy atom. The maximum Gasteiger partial charge on any atom is 0.336 e. The lowest BCUT2D eigenvalue weighted by Gasteiger charge is -2.38. The molecule has 0 amide bonds. The predicted molar refractivity (Wildman–Crippen MR) is 120 cm³/mol. The minimum atomic E-state index is -0.898. The Balaban J connectivity index is 1.92. The second-order valence-electron chi connectivity index (χ2n) is 8.36. The van der Waals surface area contributed by atoms with Crippen LogP contribution in [0.25, 0.3) is 10.8 Å². The molecule has 0 bridgehead atoms. The number of fused-ring (bicyclic) bond motifs is 1. The number of nitrogens with one attached hydrogen (secondary N) is 1. The molecule has 4 rings (SSSR count). The number of ketones is 1. The highest BCUT2D eigenvalue weighted by Gasteiger charge is 2.47. The Morgan fingerprint density at radius 1 is 1.12 bits per heavy atom. The zero-order chi connectivity index (χ0) is 23.0. The molecule has 0 saturated heterocycles. The van der Waals surface area contributed by atoms with Crippen molar-refractivity contribution in [2.75, 3.05) is 13.7 Å². The van der Waals surface area contributed by atoms with Crippen molar-refractivity contribution < 1.29 is 23.9 Å². The van der Waals surface area contributed by atoms with Gasteiger partial charge < -0.3 is 14.8 Å². The molecule has 2 aromatic carbocycles. The third kappa shape index (κ3) is 3.60. The van der Waals surface area contributed by atoms with Gasteiger partial charge in [0.2, 0.25) is 0 Å².